The number of nitrogens with one attached hydrogen (secondary N) is 2. The van der Waals surface area contributed by atoms with E-state index < -0.39 is 23.7 Å². The number of methoxy groups -OCH3 is 1. The lowest BCUT2D eigenvalue weighted by molar-refractivity contribution is -0.150. The molecule has 7 nitrogen and oxygen atoms in total. The van der Waals surface area contributed by atoms with Crippen LogP contribution in [0.5, 0.6) is 0 Å². The lowest BCUT2D eigenvalue weighted by Gasteiger charge is -2.31. The smallest absolute Gasteiger partial charge is 0.319 e. The van der Waals surface area contributed by atoms with Gasteiger partial charge in [0, 0.05) is 16.1 Å². The molecule has 1 aliphatic heterocycles. The molecule has 0 unspecified atom stereocenters. The standard InChI is InChI=1S/C24H22BrN3O4S/c1-13-7-14(2)9-17(8-13)27-19(29)12-33-23-18(11-26)20(15-5-4-6-16(25)10-15)21(22(30)28-23)24(31)32-3/h4-10,20-21H,12H2,1-3H3,(H,27,29)(H,28,30)/t20-,21+/m1/s1. The van der Waals surface area contributed by atoms with Gasteiger partial charge in [0.25, 0.3) is 0 Å². The molecule has 0 fully saturated rings. The van der Waals surface area contributed by atoms with Gasteiger partial charge in [-0.05, 0) is 54.8 Å². The number of allylic oxidation sites excluding steroid dienone is 1. The molecule has 0 saturated carbocycles. The van der Waals surface area contributed by atoms with Crippen LogP contribution in [0.25, 0.3) is 0 Å². The number of benzene rings is 2. The van der Waals surface area contributed by atoms with Gasteiger partial charge in [0.05, 0.1) is 29.5 Å². The molecule has 33 heavy (non-hydrogen) atoms. The van der Waals surface area contributed by atoms with Crippen LogP contribution in [0.2, 0.25) is 0 Å². The average Bonchev–Trinajstić information content (AvgIpc) is 2.75. The van der Waals surface area contributed by atoms with Gasteiger partial charge in [-0.15, -0.1) is 0 Å². The summed E-state index contributed by atoms with van der Waals surface area (Å²) < 4.78 is 5.58. The molecule has 2 aromatic carbocycles. The van der Waals surface area contributed by atoms with Gasteiger partial charge in [-0.3, -0.25) is 14.4 Å². The Morgan fingerprint density at radius 1 is 1.21 bits per heavy atom. The maximum Gasteiger partial charge on any atom is 0.319 e. The molecule has 9 heteroatoms. The van der Waals surface area contributed by atoms with Crippen LogP contribution in [0.1, 0.15) is 22.6 Å². The number of halogens is 1. The van der Waals surface area contributed by atoms with Crippen LogP contribution in [0.4, 0.5) is 5.69 Å². The topological polar surface area (TPSA) is 108 Å². The highest BCUT2D eigenvalue weighted by atomic mass is 79.9. The first-order valence-electron chi connectivity index (χ1n) is 10.0. The van der Waals surface area contributed by atoms with Crippen LogP contribution in [-0.4, -0.2) is 30.6 Å². The number of carbonyl (C=O) groups is 3. The van der Waals surface area contributed by atoms with E-state index in [0.717, 1.165) is 27.4 Å². The second-order valence-electron chi connectivity index (χ2n) is 7.59. The summed E-state index contributed by atoms with van der Waals surface area (Å²) in [5, 5.41) is 15.7. The number of hydrogen-bond acceptors (Lipinski definition) is 6. The Balaban J connectivity index is 1.89. The zero-order chi connectivity index (χ0) is 24.1. The zero-order valence-corrected chi connectivity index (χ0v) is 20.7. The summed E-state index contributed by atoms with van der Waals surface area (Å²) in [7, 11) is 1.20. The summed E-state index contributed by atoms with van der Waals surface area (Å²) in [6.45, 7) is 3.89. The Morgan fingerprint density at radius 3 is 2.52 bits per heavy atom. The van der Waals surface area contributed by atoms with Crippen LogP contribution >= 0.6 is 27.7 Å². The number of ether oxygens (including phenoxy) is 1. The number of hydrogen-bond donors (Lipinski definition) is 2. The molecule has 170 valence electrons. The molecule has 2 amide bonds. The fraction of sp³-hybridized carbons (Fsp3) is 0.250. The minimum atomic E-state index is -1.22. The second kappa shape index (κ2) is 10.7. The van der Waals surface area contributed by atoms with Crippen molar-refractivity contribution in [1.29, 1.82) is 5.26 Å². The molecule has 0 bridgehead atoms. The van der Waals surface area contributed by atoms with Crippen molar-refractivity contribution >= 4 is 51.2 Å². The van der Waals surface area contributed by atoms with Crippen molar-refractivity contribution in [3.05, 3.63) is 74.2 Å². The largest absolute Gasteiger partial charge is 0.468 e. The van der Waals surface area contributed by atoms with Crippen LogP contribution in [-0.2, 0) is 19.1 Å². The number of rotatable bonds is 6. The molecule has 0 saturated heterocycles. The van der Waals surface area contributed by atoms with Gasteiger partial charge in [-0.25, -0.2) is 0 Å². The molecule has 3 rings (SSSR count). The Hall–Kier alpha value is -3.09. The lowest BCUT2D eigenvalue weighted by Crippen LogP contribution is -2.44. The summed E-state index contributed by atoms with van der Waals surface area (Å²) in [5.41, 5.74) is 3.55. The monoisotopic (exact) mass is 527 g/mol. The van der Waals surface area contributed by atoms with E-state index in [1.165, 1.54) is 7.11 Å². The number of anilines is 1. The maximum absolute atomic E-state index is 12.9. The predicted molar refractivity (Wildman–Crippen MR) is 130 cm³/mol. The molecule has 0 aliphatic carbocycles. The molecular formula is C24H22BrN3O4S. The Morgan fingerprint density at radius 2 is 1.91 bits per heavy atom. The predicted octanol–water partition coefficient (Wildman–Crippen LogP) is 4.18. The van der Waals surface area contributed by atoms with Crippen molar-refractivity contribution in [2.45, 2.75) is 19.8 Å². The molecule has 1 heterocycles. The van der Waals surface area contributed by atoms with Gasteiger partial charge < -0.3 is 15.4 Å². The van der Waals surface area contributed by atoms with Gasteiger partial charge in [0.1, 0.15) is 5.92 Å². The number of nitriles is 1. The van der Waals surface area contributed by atoms with Crippen molar-refractivity contribution in [2.24, 2.45) is 5.92 Å². The molecule has 2 aromatic rings. The van der Waals surface area contributed by atoms with E-state index in [4.69, 9.17) is 4.74 Å². The molecule has 0 radical (unpaired) electrons. The number of aryl methyl sites for hydroxylation is 2. The second-order valence-corrected chi connectivity index (χ2v) is 9.49. The fourth-order valence-electron chi connectivity index (χ4n) is 3.76. The minimum Gasteiger partial charge on any atom is -0.468 e. The van der Waals surface area contributed by atoms with Crippen molar-refractivity contribution in [2.75, 3.05) is 18.2 Å². The Kier molecular flexibility index (Phi) is 7.95. The SMILES string of the molecule is COC(=O)[C@@H]1C(=O)NC(SCC(=O)Nc2cc(C)cc(C)c2)=C(C#N)[C@H]1c1cccc(Br)c1. The van der Waals surface area contributed by atoms with Crippen molar-refractivity contribution in [1.82, 2.24) is 5.32 Å². The normalized spacial score (nSPS) is 17.7. The van der Waals surface area contributed by atoms with E-state index in [-0.39, 0.29) is 22.3 Å². The Labute approximate surface area is 204 Å². The van der Waals surface area contributed by atoms with E-state index >= 15 is 0 Å². The Bertz CT molecular complexity index is 1170. The highest BCUT2D eigenvalue weighted by Gasteiger charge is 2.44. The van der Waals surface area contributed by atoms with E-state index in [1.54, 1.807) is 18.2 Å². The summed E-state index contributed by atoms with van der Waals surface area (Å²) in [6, 6.07) is 14.9. The van der Waals surface area contributed by atoms with Gasteiger partial charge in [0.15, 0.2) is 0 Å². The minimum absolute atomic E-state index is 0.0259. The lowest BCUT2D eigenvalue weighted by atomic mass is 9.78. The third-order valence-electron chi connectivity index (χ3n) is 5.04. The number of nitrogens with zero attached hydrogens (tertiary/aromatic N) is 1. The summed E-state index contributed by atoms with van der Waals surface area (Å²) in [5.74, 6) is -3.67. The molecule has 2 atom stereocenters. The average molecular weight is 528 g/mol. The molecule has 2 N–H and O–H groups in total. The number of carbonyl (C=O) groups excluding carboxylic acids is 3. The number of amides is 2. The zero-order valence-electron chi connectivity index (χ0n) is 18.3. The van der Waals surface area contributed by atoms with E-state index in [2.05, 4.69) is 32.6 Å². The maximum atomic E-state index is 12.9. The molecule has 1 aliphatic rings. The first-order chi connectivity index (χ1) is 15.7. The van der Waals surface area contributed by atoms with Gasteiger partial charge in [-0.1, -0.05) is 45.9 Å². The van der Waals surface area contributed by atoms with Crippen LogP contribution < -0.4 is 10.6 Å². The van der Waals surface area contributed by atoms with E-state index in [9.17, 15) is 19.6 Å². The van der Waals surface area contributed by atoms with E-state index in [0.29, 0.717) is 11.3 Å². The first kappa shape index (κ1) is 24.6. The van der Waals surface area contributed by atoms with Gasteiger partial charge in [-0.2, -0.15) is 5.26 Å². The van der Waals surface area contributed by atoms with E-state index in [1.807, 2.05) is 38.1 Å². The summed E-state index contributed by atoms with van der Waals surface area (Å²) >= 11 is 4.44. The highest BCUT2D eigenvalue weighted by molar-refractivity contribution is 9.10. The highest BCUT2D eigenvalue weighted by Crippen LogP contribution is 2.40. The molecule has 0 aromatic heterocycles. The third kappa shape index (κ3) is 5.83. The van der Waals surface area contributed by atoms with Crippen LogP contribution in [0, 0.1) is 31.1 Å². The first-order valence-corrected chi connectivity index (χ1v) is 11.8. The molecular weight excluding hydrogens is 506 g/mol. The third-order valence-corrected chi connectivity index (χ3v) is 6.55. The van der Waals surface area contributed by atoms with Crippen LogP contribution in [0.15, 0.2) is 57.5 Å². The van der Waals surface area contributed by atoms with Gasteiger partial charge >= 0.3 is 5.97 Å². The van der Waals surface area contributed by atoms with Crippen molar-refractivity contribution < 1.29 is 19.1 Å². The fourth-order valence-corrected chi connectivity index (χ4v) is 5.03. The van der Waals surface area contributed by atoms with Gasteiger partial charge in [0.2, 0.25) is 11.8 Å². The van der Waals surface area contributed by atoms with Crippen molar-refractivity contribution in [3.8, 4) is 6.07 Å². The number of thioether (sulfide) groups is 1. The van der Waals surface area contributed by atoms with Crippen LogP contribution in [0.3, 0.4) is 0 Å². The summed E-state index contributed by atoms with van der Waals surface area (Å²) in [6.07, 6.45) is 0. The molecule has 0 spiro atoms. The quantitative estimate of drug-likeness (QED) is 0.431. The number of esters is 1. The van der Waals surface area contributed by atoms with Crippen molar-refractivity contribution in [3.63, 3.8) is 0 Å². The summed E-state index contributed by atoms with van der Waals surface area (Å²) in [4.78, 5) is 37.8.